The van der Waals surface area contributed by atoms with Crippen LogP contribution in [-0.2, 0) is 4.74 Å². The van der Waals surface area contributed by atoms with E-state index < -0.39 is 24.7 Å². The van der Waals surface area contributed by atoms with Crippen molar-refractivity contribution in [3.8, 4) is 0 Å². The van der Waals surface area contributed by atoms with Gasteiger partial charge >= 0.3 is 6.18 Å². The third kappa shape index (κ3) is 3.99. The first-order valence-electron chi connectivity index (χ1n) is 6.07. The van der Waals surface area contributed by atoms with Gasteiger partial charge in [-0.2, -0.15) is 13.2 Å². The molecule has 1 aromatic rings. The summed E-state index contributed by atoms with van der Waals surface area (Å²) >= 11 is 3.03. The van der Waals surface area contributed by atoms with Crippen LogP contribution >= 0.6 is 15.9 Å². The average molecular weight is 356 g/mol. The monoisotopic (exact) mass is 355 g/mol. The molecule has 2 rings (SSSR count). The Hall–Kier alpha value is -1.02. The van der Waals surface area contributed by atoms with Crippen molar-refractivity contribution in [2.24, 2.45) is 0 Å². The molecule has 20 heavy (non-hydrogen) atoms. The molecule has 0 spiro atoms. The van der Waals surface area contributed by atoms with E-state index in [1.54, 1.807) is 0 Å². The van der Waals surface area contributed by atoms with Crippen LogP contribution in [0.2, 0.25) is 0 Å². The van der Waals surface area contributed by atoms with Gasteiger partial charge in [-0.15, -0.1) is 0 Å². The van der Waals surface area contributed by atoms with Crippen LogP contribution in [0.25, 0.3) is 0 Å². The average Bonchev–Trinajstić information content (AvgIpc) is 2.82. The second-order valence-electron chi connectivity index (χ2n) is 4.50. The molecule has 1 amide bonds. The highest BCUT2D eigenvalue weighted by atomic mass is 79.9. The molecule has 1 aliphatic heterocycles. The fourth-order valence-corrected chi connectivity index (χ4v) is 2.43. The van der Waals surface area contributed by atoms with E-state index in [4.69, 9.17) is 9.15 Å². The molecule has 0 radical (unpaired) electrons. The van der Waals surface area contributed by atoms with Gasteiger partial charge in [0, 0.05) is 19.3 Å². The number of nitrogens with zero attached hydrogens (tertiary/aromatic N) is 1. The number of carbonyl (C=O) groups is 1. The molecule has 0 aliphatic carbocycles. The van der Waals surface area contributed by atoms with E-state index in [2.05, 4.69) is 15.9 Å². The Morgan fingerprint density at radius 1 is 1.35 bits per heavy atom. The summed E-state index contributed by atoms with van der Waals surface area (Å²) in [6.45, 7) is -0.572. The van der Waals surface area contributed by atoms with Crippen molar-refractivity contribution < 1.29 is 27.1 Å². The third-order valence-electron chi connectivity index (χ3n) is 3.03. The molecule has 1 aromatic heterocycles. The minimum absolute atomic E-state index is 0.104. The minimum Gasteiger partial charge on any atom is -0.444 e. The van der Waals surface area contributed by atoms with E-state index in [1.807, 2.05) is 0 Å². The van der Waals surface area contributed by atoms with Crippen LogP contribution in [0.5, 0.6) is 0 Å². The summed E-state index contributed by atoms with van der Waals surface area (Å²) in [4.78, 5) is 13.0. The van der Waals surface area contributed by atoms with Crippen LogP contribution in [0.3, 0.4) is 0 Å². The predicted octanol–water partition coefficient (Wildman–Crippen LogP) is 3.23. The lowest BCUT2D eigenvalue weighted by Crippen LogP contribution is -2.47. The molecule has 0 saturated carbocycles. The number of carbonyl (C=O) groups excluding carboxylic acids is 1. The van der Waals surface area contributed by atoms with Gasteiger partial charge in [-0.3, -0.25) is 4.79 Å². The van der Waals surface area contributed by atoms with Gasteiger partial charge < -0.3 is 14.1 Å². The summed E-state index contributed by atoms with van der Waals surface area (Å²) in [7, 11) is 0. The van der Waals surface area contributed by atoms with Crippen LogP contribution in [0.15, 0.2) is 21.2 Å². The van der Waals surface area contributed by atoms with Gasteiger partial charge in [0.25, 0.3) is 5.91 Å². The zero-order valence-corrected chi connectivity index (χ0v) is 12.0. The number of amides is 1. The molecule has 0 N–H and O–H groups in total. The van der Waals surface area contributed by atoms with Crippen molar-refractivity contribution in [1.82, 2.24) is 4.90 Å². The number of hydrogen-bond donors (Lipinski definition) is 0. The maximum Gasteiger partial charge on any atom is 0.406 e. The van der Waals surface area contributed by atoms with E-state index in [0.29, 0.717) is 30.7 Å². The Labute approximate surface area is 122 Å². The highest BCUT2D eigenvalue weighted by molar-refractivity contribution is 9.10. The summed E-state index contributed by atoms with van der Waals surface area (Å²) < 4.78 is 48.5. The largest absolute Gasteiger partial charge is 0.444 e. The number of furan rings is 1. The van der Waals surface area contributed by atoms with Gasteiger partial charge in [0.1, 0.15) is 6.54 Å². The van der Waals surface area contributed by atoms with Crippen LogP contribution in [0.1, 0.15) is 23.4 Å². The van der Waals surface area contributed by atoms with Gasteiger partial charge in [0.05, 0.1) is 0 Å². The Morgan fingerprint density at radius 2 is 2.00 bits per heavy atom. The first kappa shape index (κ1) is 15.4. The number of hydrogen-bond acceptors (Lipinski definition) is 3. The highest BCUT2D eigenvalue weighted by Crippen LogP contribution is 2.25. The normalized spacial score (nSPS) is 17.2. The van der Waals surface area contributed by atoms with E-state index in [9.17, 15) is 18.0 Å². The van der Waals surface area contributed by atoms with Gasteiger partial charge in [0.2, 0.25) is 0 Å². The van der Waals surface area contributed by atoms with Gasteiger partial charge in [0.15, 0.2) is 10.4 Å². The summed E-state index contributed by atoms with van der Waals surface area (Å²) in [5.74, 6) is -0.854. The Kier molecular flexibility index (Phi) is 4.74. The Balaban J connectivity index is 2.18. The molecule has 4 nitrogen and oxygen atoms in total. The Bertz CT molecular complexity index is 469. The molecule has 112 valence electrons. The van der Waals surface area contributed by atoms with Crippen molar-refractivity contribution >= 4 is 21.8 Å². The highest BCUT2D eigenvalue weighted by Gasteiger charge is 2.38. The zero-order chi connectivity index (χ0) is 14.8. The summed E-state index contributed by atoms with van der Waals surface area (Å²) in [6.07, 6.45) is -3.66. The van der Waals surface area contributed by atoms with Crippen molar-refractivity contribution in [2.45, 2.75) is 25.1 Å². The van der Waals surface area contributed by atoms with Crippen LogP contribution < -0.4 is 0 Å². The molecule has 0 atom stereocenters. The molecule has 0 unspecified atom stereocenters. The second kappa shape index (κ2) is 6.17. The van der Waals surface area contributed by atoms with E-state index >= 15 is 0 Å². The number of halogens is 4. The fraction of sp³-hybridized carbons (Fsp3) is 0.583. The number of ether oxygens (including phenoxy) is 1. The Morgan fingerprint density at radius 3 is 2.50 bits per heavy atom. The molecule has 2 heterocycles. The first-order valence-corrected chi connectivity index (χ1v) is 6.87. The van der Waals surface area contributed by atoms with Crippen molar-refractivity contribution in [3.63, 3.8) is 0 Å². The lowest BCUT2D eigenvalue weighted by molar-refractivity contribution is -0.147. The van der Waals surface area contributed by atoms with Crippen LogP contribution in [0.4, 0.5) is 13.2 Å². The standard InChI is InChI=1S/C12H13BrF3NO3/c13-10-2-1-9(20-10)11(18)17(7-12(14,15)16)8-3-5-19-6-4-8/h1-2,8H,3-7H2. The van der Waals surface area contributed by atoms with Crippen LogP contribution in [-0.4, -0.2) is 42.8 Å². The molecule has 0 aromatic carbocycles. The summed E-state index contributed by atoms with van der Waals surface area (Å²) in [6, 6.07) is 2.35. The molecule has 1 aliphatic rings. The lowest BCUT2D eigenvalue weighted by Gasteiger charge is -2.34. The molecule has 1 saturated heterocycles. The smallest absolute Gasteiger partial charge is 0.406 e. The van der Waals surface area contributed by atoms with Gasteiger partial charge in [-0.05, 0) is 40.9 Å². The first-order chi connectivity index (χ1) is 9.37. The maximum atomic E-state index is 12.7. The molecule has 8 heteroatoms. The molecule has 1 fully saturated rings. The SMILES string of the molecule is O=C(c1ccc(Br)o1)N(CC(F)(F)F)C1CCOCC1. The van der Waals surface area contributed by atoms with E-state index in [1.165, 1.54) is 12.1 Å². The fourth-order valence-electron chi connectivity index (χ4n) is 2.13. The lowest BCUT2D eigenvalue weighted by atomic mass is 10.1. The third-order valence-corrected chi connectivity index (χ3v) is 3.45. The van der Waals surface area contributed by atoms with E-state index in [-0.39, 0.29) is 5.76 Å². The van der Waals surface area contributed by atoms with Crippen molar-refractivity contribution in [3.05, 3.63) is 22.6 Å². The van der Waals surface area contributed by atoms with E-state index in [0.717, 1.165) is 4.90 Å². The molecular weight excluding hydrogens is 343 g/mol. The quantitative estimate of drug-likeness (QED) is 0.835. The van der Waals surface area contributed by atoms with Crippen molar-refractivity contribution in [1.29, 1.82) is 0 Å². The van der Waals surface area contributed by atoms with Gasteiger partial charge in [-0.25, -0.2) is 0 Å². The predicted molar refractivity (Wildman–Crippen MR) is 67.3 cm³/mol. The molecule has 0 bridgehead atoms. The van der Waals surface area contributed by atoms with Crippen molar-refractivity contribution in [2.75, 3.05) is 19.8 Å². The second-order valence-corrected chi connectivity index (χ2v) is 5.28. The number of rotatable bonds is 3. The zero-order valence-electron chi connectivity index (χ0n) is 10.5. The summed E-state index contributed by atoms with van der Waals surface area (Å²) in [5.41, 5.74) is 0. The van der Waals surface area contributed by atoms with Crippen LogP contribution in [0, 0.1) is 0 Å². The molecular formula is C12H13BrF3NO3. The van der Waals surface area contributed by atoms with Gasteiger partial charge in [-0.1, -0.05) is 0 Å². The summed E-state index contributed by atoms with van der Waals surface area (Å²) in [5, 5.41) is 0. The number of alkyl halides is 3. The topological polar surface area (TPSA) is 42.7 Å². The maximum absolute atomic E-state index is 12.7. The minimum atomic E-state index is -4.45.